The molecule has 0 aliphatic heterocycles. The molecule has 0 amide bonds. The van der Waals surface area contributed by atoms with Crippen molar-refractivity contribution in [2.45, 2.75) is 6.92 Å². The van der Waals surface area contributed by atoms with E-state index in [4.69, 9.17) is 14.1 Å². The van der Waals surface area contributed by atoms with Crippen LogP contribution in [-0.4, -0.2) is 26.7 Å². The summed E-state index contributed by atoms with van der Waals surface area (Å²) in [5.41, 5.74) is 2.89. The number of fused-ring (bicyclic) bond motifs is 7. The van der Waals surface area contributed by atoms with E-state index in [0.29, 0.717) is 23.8 Å². The largest absolute Gasteiger partial charge is 0.507 e. The lowest BCUT2D eigenvalue weighted by Crippen LogP contribution is -2.03. The summed E-state index contributed by atoms with van der Waals surface area (Å²) in [4.78, 5) is 13.9. The number of rotatable bonds is 4. The smallest absolute Gasteiger partial charge is 0.320 e. The minimum absolute atomic E-state index is 0.0894. The molecule has 0 aliphatic rings. The SMILES string of the molecule is CCOc1nc(-c2ccccc2O)nc(-c2cc3oc4ccc5ccccc5c4c3c3ccccc23)n1. The fourth-order valence-electron chi connectivity index (χ4n) is 5.04. The van der Waals surface area contributed by atoms with Gasteiger partial charge in [-0.1, -0.05) is 66.7 Å². The predicted octanol–water partition coefficient (Wildman–Crippen LogP) is 7.52. The zero-order chi connectivity index (χ0) is 24.9. The maximum Gasteiger partial charge on any atom is 0.320 e. The van der Waals surface area contributed by atoms with E-state index in [0.717, 1.165) is 49.0 Å². The Kier molecular flexibility index (Phi) is 4.79. The lowest BCUT2D eigenvalue weighted by Gasteiger charge is -2.11. The number of aromatic nitrogens is 3. The number of para-hydroxylation sites is 1. The summed E-state index contributed by atoms with van der Waals surface area (Å²) in [7, 11) is 0. The number of hydrogen-bond donors (Lipinski definition) is 1. The molecule has 5 aromatic carbocycles. The first-order valence-electron chi connectivity index (χ1n) is 12.1. The van der Waals surface area contributed by atoms with Gasteiger partial charge in [0.15, 0.2) is 11.6 Å². The van der Waals surface area contributed by atoms with E-state index in [2.05, 4.69) is 46.4 Å². The van der Waals surface area contributed by atoms with Crippen LogP contribution < -0.4 is 4.74 Å². The number of hydrogen-bond acceptors (Lipinski definition) is 6. The number of phenolic OH excluding ortho intramolecular Hbond substituents is 1. The maximum absolute atomic E-state index is 10.5. The normalized spacial score (nSPS) is 11.6. The molecule has 37 heavy (non-hydrogen) atoms. The van der Waals surface area contributed by atoms with Crippen LogP contribution in [0.4, 0.5) is 0 Å². The van der Waals surface area contributed by atoms with E-state index in [1.807, 2.05) is 43.3 Å². The third-order valence-electron chi connectivity index (χ3n) is 6.64. The minimum Gasteiger partial charge on any atom is -0.507 e. The molecular formula is C31H21N3O3. The minimum atomic E-state index is 0.0894. The molecule has 2 aromatic heterocycles. The Morgan fingerprint density at radius 2 is 1.35 bits per heavy atom. The zero-order valence-corrected chi connectivity index (χ0v) is 20.0. The lowest BCUT2D eigenvalue weighted by atomic mass is 9.96. The van der Waals surface area contributed by atoms with Crippen molar-refractivity contribution in [1.82, 2.24) is 15.0 Å². The molecular weight excluding hydrogens is 462 g/mol. The summed E-state index contributed by atoms with van der Waals surface area (Å²) < 4.78 is 12.1. The summed E-state index contributed by atoms with van der Waals surface area (Å²) in [5.74, 6) is 0.873. The molecule has 0 unspecified atom stereocenters. The number of nitrogens with zero attached hydrogens (tertiary/aromatic N) is 3. The quantitative estimate of drug-likeness (QED) is 0.279. The van der Waals surface area contributed by atoms with Crippen LogP contribution in [0.25, 0.3) is 66.3 Å². The molecule has 7 aromatic rings. The van der Waals surface area contributed by atoms with Crippen molar-refractivity contribution >= 4 is 43.5 Å². The first-order chi connectivity index (χ1) is 18.2. The number of furan rings is 1. The molecule has 6 heteroatoms. The van der Waals surface area contributed by atoms with E-state index >= 15 is 0 Å². The van der Waals surface area contributed by atoms with Gasteiger partial charge in [-0.25, -0.2) is 4.98 Å². The number of aromatic hydroxyl groups is 1. The maximum atomic E-state index is 10.5. The van der Waals surface area contributed by atoms with Crippen LogP contribution in [0.3, 0.4) is 0 Å². The van der Waals surface area contributed by atoms with Crippen molar-refractivity contribution in [2.75, 3.05) is 6.61 Å². The van der Waals surface area contributed by atoms with Crippen LogP contribution in [0.15, 0.2) is 95.4 Å². The Morgan fingerprint density at radius 1 is 0.676 bits per heavy atom. The fraction of sp³-hybridized carbons (Fsp3) is 0.0645. The van der Waals surface area contributed by atoms with Gasteiger partial charge in [0.2, 0.25) is 0 Å². The second kappa shape index (κ2) is 8.31. The van der Waals surface area contributed by atoms with Gasteiger partial charge < -0.3 is 14.3 Å². The van der Waals surface area contributed by atoms with Gasteiger partial charge in [0.25, 0.3) is 0 Å². The van der Waals surface area contributed by atoms with E-state index in [1.54, 1.807) is 18.2 Å². The fourth-order valence-corrected chi connectivity index (χ4v) is 5.04. The molecule has 0 bridgehead atoms. The lowest BCUT2D eigenvalue weighted by molar-refractivity contribution is 0.312. The van der Waals surface area contributed by atoms with Gasteiger partial charge in [0, 0.05) is 16.3 Å². The van der Waals surface area contributed by atoms with Crippen molar-refractivity contribution in [2.24, 2.45) is 0 Å². The van der Waals surface area contributed by atoms with Crippen molar-refractivity contribution in [1.29, 1.82) is 0 Å². The molecule has 6 nitrogen and oxygen atoms in total. The molecule has 0 radical (unpaired) electrons. The summed E-state index contributed by atoms with van der Waals surface area (Å²) in [6.45, 7) is 2.28. The van der Waals surface area contributed by atoms with E-state index in [-0.39, 0.29) is 11.8 Å². The van der Waals surface area contributed by atoms with Gasteiger partial charge in [0.05, 0.1) is 12.2 Å². The molecule has 1 N–H and O–H groups in total. The average molecular weight is 484 g/mol. The van der Waals surface area contributed by atoms with Gasteiger partial charge >= 0.3 is 6.01 Å². The number of phenols is 1. The van der Waals surface area contributed by atoms with Gasteiger partial charge in [-0.2, -0.15) is 9.97 Å². The van der Waals surface area contributed by atoms with Crippen LogP contribution in [-0.2, 0) is 0 Å². The van der Waals surface area contributed by atoms with Crippen molar-refractivity contribution in [3.05, 3.63) is 91.0 Å². The molecule has 0 saturated carbocycles. The summed E-state index contributed by atoms with van der Waals surface area (Å²) in [5, 5.41) is 17.0. The predicted molar refractivity (Wildman–Crippen MR) is 146 cm³/mol. The molecule has 0 atom stereocenters. The van der Waals surface area contributed by atoms with Crippen LogP contribution in [0.5, 0.6) is 11.8 Å². The zero-order valence-electron chi connectivity index (χ0n) is 20.0. The standard InChI is InChI=1S/C31H21N3O3/c1-2-36-31-33-29(22-13-7-8-14-24(22)35)32-30(34-31)23-17-26-28(21-12-6-5-11-20(21)23)27-19-10-4-3-9-18(19)15-16-25(27)37-26/h3-17,35H,2H2,1H3. The third-order valence-corrected chi connectivity index (χ3v) is 6.64. The number of ether oxygens (including phenoxy) is 1. The van der Waals surface area contributed by atoms with Crippen LogP contribution in [0.1, 0.15) is 6.92 Å². The molecule has 0 saturated heterocycles. The Balaban J connectivity index is 1.56. The summed E-state index contributed by atoms with van der Waals surface area (Å²) in [6.07, 6.45) is 0. The highest BCUT2D eigenvalue weighted by atomic mass is 16.5. The average Bonchev–Trinajstić information content (AvgIpc) is 3.32. The van der Waals surface area contributed by atoms with Crippen molar-refractivity contribution < 1.29 is 14.3 Å². The molecule has 0 aliphatic carbocycles. The first kappa shape index (κ1) is 21.3. The Bertz CT molecular complexity index is 1980. The highest BCUT2D eigenvalue weighted by Crippen LogP contribution is 2.42. The van der Waals surface area contributed by atoms with Gasteiger partial charge in [-0.15, -0.1) is 0 Å². The van der Waals surface area contributed by atoms with Crippen LogP contribution in [0.2, 0.25) is 0 Å². The highest BCUT2D eigenvalue weighted by Gasteiger charge is 2.20. The second-order valence-corrected chi connectivity index (χ2v) is 8.82. The molecule has 178 valence electrons. The highest BCUT2D eigenvalue weighted by molar-refractivity contribution is 6.28. The van der Waals surface area contributed by atoms with E-state index in [9.17, 15) is 5.11 Å². The monoisotopic (exact) mass is 483 g/mol. The molecule has 2 heterocycles. The third kappa shape index (κ3) is 3.37. The van der Waals surface area contributed by atoms with E-state index in [1.165, 1.54) is 0 Å². The Hall–Kier alpha value is -4.97. The van der Waals surface area contributed by atoms with Crippen molar-refractivity contribution in [3.8, 4) is 34.5 Å². The van der Waals surface area contributed by atoms with E-state index < -0.39 is 0 Å². The second-order valence-electron chi connectivity index (χ2n) is 8.82. The molecule has 7 rings (SSSR count). The molecule has 0 spiro atoms. The Morgan fingerprint density at radius 3 is 2.16 bits per heavy atom. The van der Waals surface area contributed by atoms with Crippen LogP contribution in [0, 0.1) is 0 Å². The van der Waals surface area contributed by atoms with Gasteiger partial charge in [-0.3, -0.25) is 0 Å². The number of benzene rings is 5. The van der Waals surface area contributed by atoms with Gasteiger partial charge in [-0.05, 0) is 52.7 Å². The topological polar surface area (TPSA) is 81.3 Å². The van der Waals surface area contributed by atoms with Crippen LogP contribution >= 0.6 is 0 Å². The summed E-state index contributed by atoms with van der Waals surface area (Å²) in [6, 6.07) is 29.8. The molecule has 0 fully saturated rings. The van der Waals surface area contributed by atoms with Gasteiger partial charge in [0.1, 0.15) is 16.9 Å². The first-order valence-corrected chi connectivity index (χ1v) is 12.1. The Labute approximate surface area is 211 Å². The van der Waals surface area contributed by atoms with Crippen molar-refractivity contribution in [3.63, 3.8) is 0 Å². The summed E-state index contributed by atoms with van der Waals surface area (Å²) >= 11 is 0.